The fraction of sp³-hybridized carbons (Fsp3) is 0.250. The molecule has 0 aromatic heterocycles. The number of hydrogen-bond acceptors (Lipinski definition) is 1. The van der Waals surface area contributed by atoms with Crippen LogP contribution in [-0.2, 0) is 4.79 Å². The fourth-order valence-electron chi connectivity index (χ4n) is 0.0786. The van der Waals surface area contributed by atoms with Crippen LogP contribution in [0.15, 0.2) is 12.2 Å². The first kappa shape index (κ1) is 9.65. The zero-order chi connectivity index (χ0) is 4.12. The molecule has 0 atom stereocenters. The average Bonchev–Trinajstić information content (AvgIpc) is 1.41. The van der Waals surface area contributed by atoms with Crippen LogP contribution < -0.4 is 0 Å². The van der Waals surface area contributed by atoms with E-state index in [-0.39, 0.29) is 29.6 Å². The van der Waals surface area contributed by atoms with E-state index in [0.717, 1.165) is 6.29 Å². The molecule has 0 saturated heterocycles. The standard InChI is InChI=1S/C4H6O.Na.H/c1-2-3-4-5;;/h2-4H,1H3;;. The molecule has 0 aliphatic heterocycles. The Labute approximate surface area is 59.7 Å². The van der Waals surface area contributed by atoms with Crippen molar-refractivity contribution in [2.45, 2.75) is 6.92 Å². The van der Waals surface area contributed by atoms with Crippen molar-refractivity contribution in [3.8, 4) is 0 Å². The summed E-state index contributed by atoms with van der Waals surface area (Å²) in [5, 5.41) is 0. The molecule has 0 aromatic rings. The summed E-state index contributed by atoms with van der Waals surface area (Å²) in [7, 11) is 0. The molecule has 1 nitrogen and oxygen atoms in total. The van der Waals surface area contributed by atoms with Gasteiger partial charge < -0.3 is 0 Å². The predicted octanol–water partition coefficient (Wildman–Crippen LogP) is 0.113. The molecule has 0 aromatic carbocycles. The molecule has 0 radical (unpaired) electrons. The average molecular weight is 94.1 g/mol. The van der Waals surface area contributed by atoms with E-state index in [1.54, 1.807) is 13.0 Å². The fourth-order valence-corrected chi connectivity index (χ4v) is 0.0786. The quantitative estimate of drug-likeness (QED) is 0.256. The molecule has 0 saturated carbocycles. The Morgan fingerprint density at radius 2 is 2.00 bits per heavy atom. The summed E-state index contributed by atoms with van der Waals surface area (Å²) in [5.41, 5.74) is 0. The molecule has 0 heterocycles. The van der Waals surface area contributed by atoms with Crippen molar-refractivity contribution in [1.29, 1.82) is 0 Å². The van der Waals surface area contributed by atoms with Crippen LogP contribution in [0.25, 0.3) is 0 Å². The van der Waals surface area contributed by atoms with Gasteiger partial charge in [0.1, 0.15) is 6.29 Å². The van der Waals surface area contributed by atoms with Crippen molar-refractivity contribution < 1.29 is 4.79 Å². The second-order valence-corrected chi connectivity index (χ2v) is 0.662. The monoisotopic (exact) mass is 94.0 g/mol. The van der Waals surface area contributed by atoms with Crippen molar-refractivity contribution in [1.82, 2.24) is 0 Å². The Balaban J connectivity index is 0. The maximum atomic E-state index is 9.32. The van der Waals surface area contributed by atoms with E-state index in [2.05, 4.69) is 0 Å². The molecule has 30 valence electrons. The van der Waals surface area contributed by atoms with E-state index in [9.17, 15) is 4.79 Å². The van der Waals surface area contributed by atoms with Gasteiger partial charge in [-0.15, -0.1) is 0 Å². The molecule has 0 spiro atoms. The van der Waals surface area contributed by atoms with Crippen LogP contribution in [0.3, 0.4) is 0 Å². The maximum absolute atomic E-state index is 9.32. The number of hydrogen-bond donors (Lipinski definition) is 0. The summed E-state index contributed by atoms with van der Waals surface area (Å²) >= 11 is 0. The van der Waals surface area contributed by atoms with Gasteiger partial charge >= 0.3 is 29.6 Å². The van der Waals surface area contributed by atoms with Crippen molar-refractivity contribution in [3.05, 3.63) is 12.2 Å². The van der Waals surface area contributed by atoms with E-state index >= 15 is 0 Å². The third-order valence-electron chi connectivity index (χ3n) is 0.271. The predicted molar refractivity (Wildman–Crippen MR) is 28.0 cm³/mol. The zero-order valence-electron chi connectivity index (χ0n) is 3.14. The zero-order valence-corrected chi connectivity index (χ0v) is 3.14. The minimum absolute atomic E-state index is 0. The first-order valence-electron chi connectivity index (χ1n) is 1.48. The van der Waals surface area contributed by atoms with Crippen LogP contribution >= 0.6 is 0 Å². The Hall–Kier alpha value is 0.410. The van der Waals surface area contributed by atoms with Crippen molar-refractivity contribution in [3.63, 3.8) is 0 Å². The molecule has 0 bridgehead atoms. The van der Waals surface area contributed by atoms with Crippen LogP contribution in [0, 0.1) is 0 Å². The number of carbonyl (C=O) groups is 1. The summed E-state index contributed by atoms with van der Waals surface area (Å²) in [6.07, 6.45) is 3.88. The van der Waals surface area contributed by atoms with E-state index in [1.165, 1.54) is 6.08 Å². The third kappa shape index (κ3) is 8.83. The molecule has 0 aliphatic rings. The van der Waals surface area contributed by atoms with Crippen LogP contribution in [-0.4, -0.2) is 35.8 Å². The Morgan fingerprint density at radius 3 is 2.00 bits per heavy atom. The summed E-state index contributed by atoms with van der Waals surface area (Å²) in [6.45, 7) is 1.80. The molecule has 0 aliphatic carbocycles. The number of allylic oxidation sites excluding steroid dienone is 2. The van der Waals surface area contributed by atoms with Gasteiger partial charge in [0.2, 0.25) is 0 Å². The third-order valence-corrected chi connectivity index (χ3v) is 0.271. The molecule has 0 unspecified atom stereocenters. The molecular formula is C4H7NaO. The topological polar surface area (TPSA) is 17.1 Å². The van der Waals surface area contributed by atoms with Gasteiger partial charge in [-0.3, -0.25) is 4.79 Å². The molecule has 6 heavy (non-hydrogen) atoms. The molecule has 2 heteroatoms. The van der Waals surface area contributed by atoms with Gasteiger partial charge in [-0.1, -0.05) is 6.08 Å². The number of rotatable bonds is 1. The minimum atomic E-state index is 0. The first-order valence-corrected chi connectivity index (χ1v) is 1.48. The van der Waals surface area contributed by atoms with Crippen LogP contribution in [0.1, 0.15) is 6.92 Å². The SMILES string of the molecule is CC=CC=O.[NaH]. The van der Waals surface area contributed by atoms with Gasteiger partial charge in [-0.05, 0) is 13.0 Å². The van der Waals surface area contributed by atoms with Gasteiger partial charge in [-0.2, -0.15) is 0 Å². The van der Waals surface area contributed by atoms with Gasteiger partial charge in [0.05, 0.1) is 0 Å². The second kappa shape index (κ2) is 9.05. The molecular weight excluding hydrogens is 87.0 g/mol. The Morgan fingerprint density at radius 1 is 1.50 bits per heavy atom. The first-order chi connectivity index (χ1) is 2.41. The van der Waals surface area contributed by atoms with Crippen molar-refractivity contribution in [2.75, 3.05) is 0 Å². The summed E-state index contributed by atoms with van der Waals surface area (Å²) in [6, 6.07) is 0. The van der Waals surface area contributed by atoms with E-state index in [1.807, 2.05) is 0 Å². The molecule has 0 amide bonds. The Kier molecular flexibility index (Phi) is 14.5. The van der Waals surface area contributed by atoms with Crippen molar-refractivity contribution >= 4 is 35.8 Å². The summed E-state index contributed by atoms with van der Waals surface area (Å²) in [5.74, 6) is 0. The van der Waals surface area contributed by atoms with Crippen LogP contribution in [0.4, 0.5) is 0 Å². The van der Waals surface area contributed by atoms with E-state index in [4.69, 9.17) is 0 Å². The van der Waals surface area contributed by atoms with Gasteiger partial charge in [0.15, 0.2) is 0 Å². The van der Waals surface area contributed by atoms with Crippen LogP contribution in [0.5, 0.6) is 0 Å². The van der Waals surface area contributed by atoms with E-state index in [0.29, 0.717) is 0 Å². The Bertz CT molecular complexity index is 49.5. The van der Waals surface area contributed by atoms with Crippen LogP contribution in [0.2, 0.25) is 0 Å². The van der Waals surface area contributed by atoms with Gasteiger partial charge in [0, 0.05) is 0 Å². The van der Waals surface area contributed by atoms with Gasteiger partial charge in [-0.25, -0.2) is 0 Å². The number of carbonyl (C=O) groups excluding carboxylic acids is 1. The molecule has 0 N–H and O–H groups in total. The summed E-state index contributed by atoms with van der Waals surface area (Å²) in [4.78, 5) is 9.32. The van der Waals surface area contributed by atoms with Crippen molar-refractivity contribution in [2.24, 2.45) is 0 Å². The van der Waals surface area contributed by atoms with E-state index < -0.39 is 0 Å². The second-order valence-electron chi connectivity index (χ2n) is 0.662. The molecule has 0 rings (SSSR count). The molecule has 0 fully saturated rings. The van der Waals surface area contributed by atoms with Gasteiger partial charge in [0.25, 0.3) is 0 Å². The normalized spacial score (nSPS) is 7.50. The number of aldehydes is 1. The summed E-state index contributed by atoms with van der Waals surface area (Å²) < 4.78 is 0.